The third-order valence-corrected chi connectivity index (χ3v) is 1.46. The number of carbonyl (C=O) groups excluding carboxylic acids is 1. The summed E-state index contributed by atoms with van der Waals surface area (Å²) >= 11 is 0. The molecule has 0 aliphatic carbocycles. The quantitative estimate of drug-likeness (QED) is 0.430. The molecule has 0 bridgehead atoms. The molecule has 0 radical (unpaired) electrons. The maximum absolute atomic E-state index is 9.29. The molecule has 0 spiro atoms. The Balaban J connectivity index is 0.000000288. The third-order valence-electron chi connectivity index (χ3n) is 1.46. The predicted molar refractivity (Wildman–Crippen MR) is 58.1 cm³/mol. The molecule has 0 aromatic heterocycles. The van der Waals surface area contributed by atoms with Gasteiger partial charge in [-0.1, -0.05) is 30.4 Å². The summed E-state index contributed by atoms with van der Waals surface area (Å²) in [6, 6.07) is 9.54. The molecule has 0 fully saturated rings. The van der Waals surface area contributed by atoms with Crippen LogP contribution >= 0.6 is 0 Å². The zero-order valence-corrected chi connectivity index (χ0v) is 8.64. The van der Waals surface area contributed by atoms with Gasteiger partial charge in [-0.15, -0.1) is 0 Å². The number of nitriles is 1. The molecule has 1 aromatic carbocycles. The van der Waals surface area contributed by atoms with Gasteiger partial charge in [0.15, 0.2) is 0 Å². The van der Waals surface area contributed by atoms with Gasteiger partial charge in [0.1, 0.15) is 6.61 Å². The molecule has 0 saturated heterocycles. The van der Waals surface area contributed by atoms with Gasteiger partial charge in [0.2, 0.25) is 0 Å². The van der Waals surface area contributed by atoms with Crippen LogP contribution in [0.2, 0.25) is 0 Å². The van der Waals surface area contributed by atoms with E-state index >= 15 is 0 Å². The van der Waals surface area contributed by atoms with Crippen molar-refractivity contribution in [2.24, 2.45) is 0 Å². The zero-order chi connectivity index (χ0) is 11.5. The highest BCUT2D eigenvalue weighted by Crippen LogP contribution is 1.99. The van der Waals surface area contributed by atoms with Gasteiger partial charge in [0, 0.05) is 0 Å². The van der Waals surface area contributed by atoms with Crippen LogP contribution in [-0.2, 0) is 9.53 Å². The number of benzene rings is 1. The van der Waals surface area contributed by atoms with Gasteiger partial charge in [0.25, 0.3) is 6.47 Å². The van der Waals surface area contributed by atoms with Gasteiger partial charge < -0.3 is 4.74 Å². The highest BCUT2D eigenvalue weighted by molar-refractivity contribution is 5.37. The molecule has 0 amide bonds. The number of ether oxygens (including phenoxy) is 1. The molecule has 78 valence electrons. The van der Waals surface area contributed by atoms with Crippen molar-refractivity contribution in [3.8, 4) is 6.07 Å². The first-order valence-corrected chi connectivity index (χ1v) is 4.37. The topological polar surface area (TPSA) is 50.1 Å². The molecule has 1 aromatic rings. The molecular formula is C12H13NO2. The minimum atomic E-state index is 0.309. The summed E-state index contributed by atoms with van der Waals surface area (Å²) in [6.45, 7) is 6.02. The van der Waals surface area contributed by atoms with E-state index in [-0.39, 0.29) is 0 Å². The van der Waals surface area contributed by atoms with E-state index < -0.39 is 0 Å². The lowest BCUT2D eigenvalue weighted by Crippen LogP contribution is -1.83. The van der Waals surface area contributed by atoms with Crippen LogP contribution in [0.5, 0.6) is 0 Å². The Morgan fingerprint density at radius 2 is 2.07 bits per heavy atom. The standard InChI is InChI=1S/C8H7N.C4H6O2/c1-7-2-4-8(6-9)5-3-7;1-2-3-6-4-5/h2-5H,1H3;2,4H,1,3H2. The van der Waals surface area contributed by atoms with E-state index in [9.17, 15) is 4.79 Å². The van der Waals surface area contributed by atoms with Crippen LogP contribution in [-0.4, -0.2) is 13.1 Å². The van der Waals surface area contributed by atoms with E-state index in [1.54, 1.807) is 0 Å². The third kappa shape index (κ3) is 7.03. The Morgan fingerprint density at radius 3 is 2.40 bits per heavy atom. The molecular weight excluding hydrogens is 190 g/mol. The Hall–Kier alpha value is -2.08. The van der Waals surface area contributed by atoms with Gasteiger partial charge in [-0.2, -0.15) is 5.26 Å². The maximum atomic E-state index is 9.29. The second kappa shape index (κ2) is 8.52. The van der Waals surface area contributed by atoms with Crippen molar-refractivity contribution in [3.05, 3.63) is 48.0 Å². The van der Waals surface area contributed by atoms with Crippen molar-refractivity contribution in [1.29, 1.82) is 5.26 Å². The second-order valence-electron chi connectivity index (χ2n) is 2.70. The van der Waals surface area contributed by atoms with Crippen molar-refractivity contribution in [2.45, 2.75) is 6.92 Å². The lowest BCUT2D eigenvalue weighted by atomic mass is 10.2. The SMILES string of the molecule is C=CCOC=O.Cc1ccc(C#N)cc1. The molecule has 3 nitrogen and oxygen atoms in total. The van der Waals surface area contributed by atoms with Crippen LogP contribution in [0.15, 0.2) is 36.9 Å². The van der Waals surface area contributed by atoms with Crippen molar-refractivity contribution in [3.63, 3.8) is 0 Å². The number of hydrogen-bond donors (Lipinski definition) is 0. The summed E-state index contributed by atoms with van der Waals surface area (Å²) in [5.41, 5.74) is 1.91. The first kappa shape index (κ1) is 12.9. The van der Waals surface area contributed by atoms with E-state index in [0.717, 1.165) is 5.56 Å². The summed E-state index contributed by atoms with van der Waals surface area (Å²) < 4.78 is 4.18. The van der Waals surface area contributed by atoms with Crippen LogP contribution in [0, 0.1) is 18.3 Å². The van der Waals surface area contributed by atoms with E-state index in [1.165, 1.54) is 11.6 Å². The molecule has 1 rings (SSSR count). The molecule has 0 saturated carbocycles. The molecule has 3 heteroatoms. The minimum absolute atomic E-state index is 0.309. The predicted octanol–water partition coefficient (Wildman–Crippen LogP) is 2.21. The van der Waals surface area contributed by atoms with E-state index in [1.807, 2.05) is 31.2 Å². The Kier molecular flexibility index (Phi) is 7.33. The van der Waals surface area contributed by atoms with E-state index in [0.29, 0.717) is 13.1 Å². The lowest BCUT2D eigenvalue weighted by Gasteiger charge is -1.88. The lowest BCUT2D eigenvalue weighted by molar-refractivity contribution is -0.127. The smallest absolute Gasteiger partial charge is 0.293 e. The van der Waals surface area contributed by atoms with Gasteiger partial charge in [-0.05, 0) is 19.1 Å². The summed E-state index contributed by atoms with van der Waals surface area (Å²) in [4.78, 5) is 9.29. The fourth-order valence-electron chi connectivity index (χ4n) is 0.735. The number of carbonyl (C=O) groups is 1. The molecule has 0 N–H and O–H groups in total. The normalized spacial score (nSPS) is 7.73. The largest absolute Gasteiger partial charge is 0.464 e. The molecule has 0 aliphatic rings. The number of hydrogen-bond acceptors (Lipinski definition) is 3. The maximum Gasteiger partial charge on any atom is 0.293 e. The van der Waals surface area contributed by atoms with Crippen LogP contribution in [0.1, 0.15) is 11.1 Å². The minimum Gasteiger partial charge on any atom is -0.464 e. The summed E-state index contributed by atoms with van der Waals surface area (Å²) in [5.74, 6) is 0. The molecule has 0 atom stereocenters. The number of aryl methyl sites for hydroxylation is 1. The fourth-order valence-corrected chi connectivity index (χ4v) is 0.735. The van der Waals surface area contributed by atoms with Gasteiger partial charge >= 0.3 is 0 Å². The zero-order valence-electron chi connectivity index (χ0n) is 8.64. The van der Waals surface area contributed by atoms with Gasteiger partial charge in [-0.25, -0.2) is 0 Å². The monoisotopic (exact) mass is 203 g/mol. The van der Waals surface area contributed by atoms with Crippen molar-refractivity contribution in [2.75, 3.05) is 6.61 Å². The first-order valence-electron chi connectivity index (χ1n) is 4.37. The first-order chi connectivity index (χ1) is 7.24. The fraction of sp³-hybridized carbons (Fsp3) is 0.167. The van der Waals surface area contributed by atoms with Gasteiger partial charge in [-0.3, -0.25) is 4.79 Å². The summed E-state index contributed by atoms with van der Waals surface area (Å²) in [5, 5.41) is 8.38. The summed E-state index contributed by atoms with van der Waals surface area (Å²) in [7, 11) is 0. The molecule has 0 aliphatic heterocycles. The Bertz CT molecular complexity index is 328. The summed E-state index contributed by atoms with van der Waals surface area (Å²) in [6.07, 6.45) is 1.51. The Morgan fingerprint density at radius 1 is 1.47 bits per heavy atom. The van der Waals surface area contributed by atoms with Crippen molar-refractivity contribution < 1.29 is 9.53 Å². The van der Waals surface area contributed by atoms with Crippen molar-refractivity contribution >= 4 is 6.47 Å². The molecule has 0 unspecified atom stereocenters. The molecule has 0 heterocycles. The van der Waals surface area contributed by atoms with Crippen LogP contribution in [0.25, 0.3) is 0 Å². The van der Waals surface area contributed by atoms with Crippen LogP contribution in [0.3, 0.4) is 0 Å². The van der Waals surface area contributed by atoms with E-state index in [2.05, 4.69) is 17.4 Å². The van der Waals surface area contributed by atoms with Crippen LogP contribution < -0.4 is 0 Å². The number of rotatable bonds is 3. The highest BCUT2D eigenvalue weighted by Gasteiger charge is 1.84. The van der Waals surface area contributed by atoms with Gasteiger partial charge in [0.05, 0.1) is 11.6 Å². The van der Waals surface area contributed by atoms with Crippen molar-refractivity contribution in [1.82, 2.24) is 0 Å². The highest BCUT2D eigenvalue weighted by atomic mass is 16.5. The average molecular weight is 203 g/mol. The van der Waals surface area contributed by atoms with Crippen LogP contribution in [0.4, 0.5) is 0 Å². The number of nitrogens with zero attached hydrogens (tertiary/aromatic N) is 1. The molecule has 15 heavy (non-hydrogen) atoms. The Labute approximate surface area is 89.6 Å². The van der Waals surface area contributed by atoms with E-state index in [4.69, 9.17) is 5.26 Å². The average Bonchev–Trinajstić information content (AvgIpc) is 2.28. The second-order valence-corrected chi connectivity index (χ2v) is 2.70.